The Labute approximate surface area is 159 Å². The number of anilines is 1. The highest BCUT2D eigenvalue weighted by atomic mass is 35.5. The third kappa shape index (κ3) is 4.88. The first-order valence-electron chi connectivity index (χ1n) is 7.36. The summed E-state index contributed by atoms with van der Waals surface area (Å²) in [6.07, 6.45) is 0. The summed E-state index contributed by atoms with van der Waals surface area (Å²) >= 11 is 12.5. The smallest absolute Gasteiger partial charge is 0.264 e. The number of carbonyl (C=O) groups excluding carboxylic acids is 1. The Morgan fingerprint density at radius 3 is 2.80 bits per heavy atom. The lowest BCUT2D eigenvalue weighted by Gasteiger charge is -2.08. The van der Waals surface area contributed by atoms with Crippen LogP contribution in [0.15, 0.2) is 42.5 Å². The first kappa shape index (κ1) is 17.6. The fourth-order valence-corrected chi connectivity index (χ4v) is 3.45. The summed E-state index contributed by atoms with van der Waals surface area (Å²) in [4.78, 5) is 16.3. The zero-order chi connectivity index (χ0) is 17.8. The van der Waals surface area contributed by atoms with Crippen LogP contribution in [0.1, 0.15) is 5.56 Å². The average molecular weight is 392 g/mol. The van der Waals surface area contributed by atoms with Gasteiger partial charge in [0.25, 0.3) is 5.91 Å². The normalized spacial score (nSPS) is 10.5. The maximum Gasteiger partial charge on any atom is 0.264 e. The summed E-state index contributed by atoms with van der Waals surface area (Å²) in [7, 11) is 0. The molecule has 0 spiro atoms. The number of halogens is 1. The molecular weight excluding hydrogens is 378 g/mol. The lowest BCUT2D eigenvalue weighted by atomic mass is 10.2. The molecule has 1 aromatic heterocycles. The van der Waals surface area contributed by atoms with E-state index in [9.17, 15) is 4.79 Å². The number of hydrogen-bond donors (Lipinski definition) is 2. The Morgan fingerprint density at radius 2 is 2.04 bits per heavy atom. The minimum atomic E-state index is -0.345. The predicted molar refractivity (Wildman–Crippen MR) is 106 cm³/mol. The lowest BCUT2D eigenvalue weighted by Crippen LogP contribution is -2.37. The van der Waals surface area contributed by atoms with Gasteiger partial charge >= 0.3 is 0 Å². The van der Waals surface area contributed by atoms with Crippen molar-refractivity contribution in [2.45, 2.75) is 6.92 Å². The number of aryl methyl sites for hydroxylation is 1. The van der Waals surface area contributed by atoms with E-state index in [1.165, 1.54) is 11.3 Å². The summed E-state index contributed by atoms with van der Waals surface area (Å²) in [5, 5.41) is 6.86. The number of thiocarbonyl (C=S) groups is 1. The van der Waals surface area contributed by atoms with E-state index in [0.717, 1.165) is 15.8 Å². The largest absolute Gasteiger partial charge is 0.484 e. The number of thiazole rings is 1. The van der Waals surface area contributed by atoms with Gasteiger partial charge < -0.3 is 10.1 Å². The quantitative estimate of drug-likeness (QED) is 0.654. The van der Waals surface area contributed by atoms with Crippen LogP contribution in [0.4, 0.5) is 5.13 Å². The Kier molecular flexibility index (Phi) is 5.47. The molecule has 128 valence electrons. The zero-order valence-electron chi connectivity index (χ0n) is 13.2. The standard InChI is InChI=1S/C17H14ClN3O2S2/c1-10-2-5-12(6-3-10)23-9-15(22)20-16(24)21-17-19-13-7-4-11(18)8-14(13)25-17/h2-8H,9H2,1H3,(H2,19,20,21,22,24). The molecule has 0 fully saturated rings. The Hall–Kier alpha value is -2.22. The molecule has 8 heteroatoms. The van der Waals surface area contributed by atoms with Crippen LogP contribution in [0.2, 0.25) is 5.02 Å². The van der Waals surface area contributed by atoms with Gasteiger partial charge in [-0.1, -0.05) is 40.6 Å². The van der Waals surface area contributed by atoms with Crippen LogP contribution in [-0.4, -0.2) is 22.6 Å². The number of nitrogens with one attached hydrogen (secondary N) is 2. The third-order valence-electron chi connectivity index (χ3n) is 3.21. The second kappa shape index (κ2) is 7.77. The molecule has 0 aliphatic carbocycles. The van der Waals surface area contributed by atoms with E-state index in [-0.39, 0.29) is 17.6 Å². The molecule has 1 heterocycles. The third-order valence-corrected chi connectivity index (χ3v) is 4.59. The number of amides is 1. The van der Waals surface area contributed by atoms with Crippen LogP contribution in [0.25, 0.3) is 10.2 Å². The van der Waals surface area contributed by atoms with Crippen LogP contribution < -0.4 is 15.4 Å². The summed E-state index contributed by atoms with van der Waals surface area (Å²) in [5.74, 6) is 0.282. The van der Waals surface area contributed by atoms with Gasteiger partial charge in [-0.05, 0) is 49.5 Å². The molecule has 5 nitrogen and oxygen atoms in total. The predicted octanol–water partition coefficient (Wildman–Crippen LogP) is 4.15. The Morgan fingerprint density at radius 1 is 1.28 bits per heavy atom. The lowest BCUT2D eigenvalue weighted by molar-refractivity contribution is -0.121. The Bertz CT molecular complexity index is 925. The fourth-order valence-electron chi connectivity index (χ4n) is 2.03. The number of carbonyl (C=O) groups is 1. The van der Waals surface area contributed by atoms with Crippen molar-refractivity contribution in [2.24, 2.45) is 0 Å². The zero-order valence-corrected chi connectivity index (χ0v) is 15.6. The summed E-state index contributed by atoms with van der Waals surface area (Å²) in [5.41, 5.74) is 1.94. The minimum absolute atomic E-state index is 0.125. The molecule has 2 aromatic carbocycles. The summed E-state index contributed by atoms with van der Waals surface area (Å²) in [6.45, 7) is 1.86. The van der Waals surface area contributed by atoms with Gasteiger partial charge in [0, 0.05) is 5.02 Å². The maximum atomic E-state index is 11.9. The minimum Gasteiger partial charge on any atom is -0.484 e. The molecule has 0 aliphatic heterocycles. The van der Waals surface area contributed by atoms with Crippen molar-refractivity contribution in [3.05, 3.63) is 53.1 Å². The van der Waals surface area contributed by atoms with Crippen molar-refractivity contribution in [1.29, 1.82) is 0 Å². The summed E-state index contributed by atoms with van der Waals surface area (Å²) in [6, 6.07) is 12.9. The molecular formula is C17H14ClN3O2S2. The van der Waals surface area contributed by atoms with Crippen LogP contribution in [0.5, 0.6) is 5.75 Å². The molecule has 0 saturated carbocycles. The van der Waals surface area contributed by atoms with Crippen molar-refractivity contribution in [3.8, 4) is 5.75 Å². The highest BCUT2D eigenvalue weighted by Gasteiger charge is 2.09. The van der Waals surface area contributed by atoms with E-state index in [1.807, 2.05) is 43.3 Å². The molecule has 3 rings (SSSR count). The first-order valence-corrected chi connectivity index (χ1v) is 8.96. The number of aromatic nitrogens is 1. The molecule has 0 aliphatic rings. The van der Waals surface area contributed by atoms with Crippen LogP contribution in [-0.2, 0) is 4.79 Å². The van der Waals surface area contributed by atoms with Gasteiger partial charge in [-0.25, -0.2) is 4.98 Å². The molecule has 1 amide bonds. The number of nitrogens with zero attached hydrogens (tertiary/aromatic N) is 1. The molecule has 0 saturated heterocycles. The fraction of sp³-hybridized carbons (Fsp3) is 0.118. The van der Waals surface area contributed by atoms with E-state index in [2.05, 4.69) is 15.6 Å². The van der Waals surface area contributed by atoms with Crippen molar-refractivity contribution in [1.82, 2.24) is 10.3 Å². The molecule has 3 aromatic rings. The van der Waals surface area contributed by atoms with Gasteiger partial charge in [0.1, 0.15) is 5.75 Å². The van der Waals surface area contributed by atoms with E-state index >= 15 is 0 Å². The van der Waals surface area contributed by atoms with E-state index < -0.39 is 0 Å². The highest BCUT2D eigenvalue weighted by molar-refractivity contribution is 7.80. The van der Waals surface area contributed by atoms with Gasteiger partial charge in [0.2, 0.25) is 0 Å². The maximum absolute atomic E-state index is 11.9. The van der Waals surface area contributed by atoms with E-state index in [4.69, 9.17) is 28.6 Å². The van der Waals surface area contributed by atoms with Crippen LogP contribution >= 0.6 is 35.2 Å². The van der Waals surface area contributed by atoms with E-state index in [0.29, 0.717) is 15.9 Å². The van der Waals surface area contributed by atoms with Gasteiger partial charge in [-0.2, -0.15) is 0 Å². The van der Waals surface area contributed by atoms with Crippen LogP contribution in [0, 0.1) is 6.92 Å². The molecule has 0 atom stereocenters. The number of benzene rings is 2. The number of ether oxygens (including phenoxy) is 1. The molecule has 2 N–H and O–H groups in total. The van der Waals surface area contributed by atoms with Crippen LogP contribution in [0.3, 0.4) is 0 Å². The average Bonchev–Trinajstić information content (AvgIpc) is 2.95. The second-order valence-corrected chi connectivity index (χ2v) is 7.11. The first-order chi connectivity index (χ1) is 12.0. The monoisotopic (exact) mass is 391 g/mol. The highest BCUT2D eigenvalue weighted by Crippen LogP contribution is 2.28. The SMILES string of the molecule is Cc1ccc(OCC(=O)NC(=S)Nc2nc3ccc(Cl)cc3s2)cc1. The van der Waals surface area contributed by atoms with Crippen molar-refractivity contribution in [3.63, 3.8) is 0 Å². The van der Waals surface area contributed by atoms with Crippen molar-refractivity contribution < 1.29 is 9.53 Å². The second-order valence-electron chi connectivity index (χ2n) is 5.24. The van der Waals surface area contributed by atoms with Gasteiger partial charge in [-0.15, -0.1) is 0 Å². The van der Waals surface area contributed by atoms with Gasteiger partial charge in [0.05, 0.1) is 10.2 Å². The number of fused-ring (bicyclic) bond motifs is 1. The molecule has 0 unspecified atom stereocenters. The summed E-state index contributed by atoms with van der Waals surface area (Å²) < 4.78 is 6.34. The van der Waals surface area contributed by atoms with Crippen molar-refractivity contribution in [2.75, 3.05) is 11.9 Å². The van der Waals surface area contributed by atoms with E-state index in [1.54, 1.807) is 6.07 Å². The molecule has 0 bridgehead atoms. The van der Waals surface area contributed by atoms with Gasteiger partial charge in [0.15, 0.2) is 16.9 Å². The molecule has 0 radical (unpaired) electrons. The van der Waals surface area contributed by atoms with Crippen molar-refractivity contribution >= 4 is 61.5 Å². The molecule has 25 heavy (non-hydrogen) atoms. The number of hydrogen-bond acceptors (Lipinski definition) is 5. The Balaban J connectivity index is 1.52. The topological polar surface area (TPSA) is 63.2 Å². The number of rotatable bonds is 4. The van der Waals surface area contributed by atoms with Gasteiger partial charge in [-0.3, -0.25) is 10.1 Å².